The lowest BCUT2D eigenvalue weighted by Gasteiger charge is -2.25. The third kappa shape index (κ3) is 3.60. The van der Waals surface area contributed by atoms with E-state index in [2.05, 4.69) is 0 Å². The van der Waals surface area contributed by atoms with Crippen molar-refractivity contribution in [2.45, 2.75) is 37.4 Å². The zero-order valence-electron chi connectivity index (χ0n) is 15.6. The predicted octanol–water partition coefficient (Wildman–Crippen LogP) is 5.18. The van der Waals surface area contributed by atoms with E-state index in [1.165, 1.54) is 12.1 Å². The summed E-state index contributed by atoms with van der Waals surface area (Å²) in [5.41, 5.74) is 1.25. The van der Waals surface area contributed by atoms with E-state index in [4.69, 9.17) is 4.74 Å². The molecular formula is C22H22F3NO2. The van der Waals surface area contributed by atoms with Gasteiger partial charge in [0.1, 0.15) is 5.75 Å². The molecule has 2 aliphatic rings. The number of likely N-dealkylation sites (tertiary alicyclic amines) is 1. The lowest BCUT2D eigenvalue weighted by molar-refractivity contribution is -0.137. The van der Waals surface area contributed by atoms with E-state index in [1.807, 2.05) is 29.2 Å². The number of benzene rings is 2. The first-order valence-corrected chi connectivity index (χ1v) is 9.50. The van der Waals surface area contributed by atoms with Gasteiger partial charge in [-0.15, -0.1) is 0 Å². The number of ether oxygens (including phenoxy) is 1. The Bertz CT molecular complexity index is 846. The number of nitrogens with zero attached hydrogens (tertiary/aromatic N) is 1. The highest BCUT2D eigenvalue weighted by atomic mass is 19.4. The molecule has 3 atom stereocenters. The lowest BCUT2D eigenvalue weighted by Crippen LogP contribution is -2.32. The summed E-state index contributed by atoms with van der Waals surface area (Å²) in [6.45, 7) is 0.728. The molecule has 2 fully saturated rings. The van der Waals surface area contributed by atoms with Gasteiger partial charge in [0.05, 0.1) is 18.7 Å². The quantitative estimate of drug-likeness (QED) is 0.721. The van der Waals surface area contributed by atoms with Gasteiger partial charge in [-0.2, -0.15) is 13.2 Å². The minimum Gasteiger partial charge on any atom is -0.497 e. The average molecular weight is 389 g/mol. The summed E-state index contributed by atoms with van der Waals surface area (Å²) < 4.78 is 43.4. The van der Waals surface area contributed by atoms with Crippen LogP contribution in [0, 0.1) is 5.92 Å². The van der Waals surface area contributed by atoms with Gasteiger partial charge in [-0.3, -0.25) is 4.79 Å². The smallest absolute Gasteiger partial charge is 0.416 e. The zero-order valence-corrected chi connectivity index (χ0v) is 15.6. The SMILES string of the molecule is COc1ccc(C2CCCN2C(=O)C2CC2c2ccc(C(F)(F)F)cc2)cc1. The monoisotopic (exact) mass is 389 g/mol. The molecule has 3 unspecified atom stereocenters. The van der Waals surface area contributed by atoms with Crippen molar-refractivity contribution < 1.29 is 22.7 Å². The van der Waals surface area contributed by atoms with Crippen LogP contribution in [-0.4, -0.2) is 24.5 Å². The Hall–Kier alpha value is -2.50. The van der Waals surface area contributed by atoms with Crippen LogP contribution in [0.1, 0.15) is 47.9 Å². The van der Waals surface area contributed by atoms with Crippen molar-refractivity contribution in [1.82, 2.24) is 4.90 Å². The van der Waals surface area contributed by atoms with Gasteiger partial charge in [-0.1, -0.05) is 24.3 Å². The molecule has 1 saturated heterocycles. The molecule has 0 radical (unpaired) electrons. The molecule has 3 nitrogen and oxygen atoms in total. The molecule has 0 N–H and O–H groups in total. The second-order valence-corrected chi connectivity index (χ2v) is 7.53. The van der Waals surface area contributed by atoms with Crippen molar-refractivity contribution in [2.24, 2.45) is 5.92 Å². The normalized spacial score (nSPS) is 24.3. The van der Waals surface area contributed by atoms with Crippen molar-refractivity contribution in [3.8, 4) is 5.75 Å². The summed E-state index contributed by atoms with van der Waals surface area (Å²) in [5, 5.41) is 0. The first kappa shape index (κ1) is 18.8. The number of methoxy groups -OCH3 is 1. The van der Waals surface area contributed by atoms with E-state index in [-0.39, 0.29) is 23.8 Å². The third-order valence-electron chi connectivity index (χ3n) is 5.81. The third-order valence-corrected chi connectivity index (χ3v) is 5.81. The second-order valence-electron chi connectivity index (χ2n) is 7.53. The van der Waals surface area contributed by atoms with Gasteiger partial charge in [-0.05, 0) is 60.6 Å². The van der Waals surface area contributed by atoms with Crippen molar-refractivity contribution in [2.75, 3.05) is 13.7 Å². The van der Waals surface area contributed by atoms with Gasteiger partial charge in [-0.25, -0.2) is 0 Å². The van der Waals surface area contributed by atoms with Crippen LogP contribution in [-0.2, 0) is 11.0 Å². The number of hydrogen-bond acceptors (Lipinski definition) is 2. The van der Waals surface area contributed by atoms with Gasteiger partial charge >= 0.3 is 6.18 Å². The van der Waals surface area contributed by atoms with Gasteiger partial charge in [0, 0.05) is 12.5 Å². The molecule has 148 valence electrons. The van der Waals surface area contributed by atoms with Crippen LogP contribution in [0.3, 0.4) is 0 Å². The number of alkyl halides is 3. The van der Waals surface area contributed by atoms with Gasteiger partial charge in [0.15, 0.2) is 0 Å². The number of carbonyl (C=O) groups is 1. The maximum atomic E-state index is 13.0. The highest BCUT2D eigenvalue weighted by Gasteiger charge is 2.48. The maximum Gasteiger partial charge on any atom is 0.416 e. The van der Waals surface area contributed by atoms with E-state index >= 15 is 0 Å². The first-order valence-electron chi connectivity index (χ1n) is 9.50. The largest absolute Gasteiger partial charge is 0.497 e. The Morgan fingerprint density at radius 1 is 1.04 bits per heavy atom. The van der Waals surface area contributed by atoms with Crippen LogP contribution in [0.25, 0.3) is 0 Å². The molecule has 4 rings (SSSR count). The fraction of sp³-hybridized carbons (Fsp3) is 0.409. The second kappa shape index (κ2) is 7.15. The highest BCUT2D eigenvalue weighted by Crippen LogP contribution is 2.50. The molecule has 28 heavy (non-hydrogen) atoms. The van der Waals surface area contributed by atoms with Crippen LogP contribution >= 0.6 is 0 Å². The summed E-state index contributed by atoms with van der Waals surface area (Å²) in [6, 6.07) is 13.1. The Kier molecular flexibility index (Phi) is 4.81. The summed E-state index contributed by atoms with van der Waals surface area (Å²) in [7, 11) is 1.62. The number of carbonyl (C=O) groups excluding carboxylic acids is 1. The molecule has 6 heteroatoms. The number of hydrogen-bond donors (Lipinski definition) is 0. The molecule has 1 heterocycles. The summed E-state index contributed by atoms with van der Waals surface area (Å²) in [5.74, 6) is 0.787. The summed E-state index contributed by atoms with van der Waals surface area (Å²) in [4.78, 5) is 15.0. The minimum absolute atomic E-state index is 0.0203. The van der Waals surface area contributed by atoms with E-state index in [0.717, 1.165) is 48.4 Å². The molecule has 0 bridgehead atoms. The Morgan fingerprint density at radius 2 is 1.68 bits per heavy atom. The number of amides is 1. The molecule has 2 aromatic carbocycles. The number of rotatable bonds is 4. The van der Waals surface area contributed by atoms with Gasteiger partial charge in [0.25, 0.3) is 0 Å². The van der Waals surface area contributed by atoms with E-state index < -0.39 is 11.7 Å². The van der Waals surface area contributed by atoms with E-state index in [0.29, 0.717) is 6.42 Å². The summed E-state index contributed by atoms with van der Waals surface area (Å²) >= 11 is 0. The van der Waals surface area contributed by atoms with Gasteiger partial charge in [0.2, 0.25) is 5.91 Å². The average Bonchev–Trinajstić information content (AvgIpc) is 3.35. The molecule has 0 aromatic heterocycles. The first-order chi connectivity index (χ1) is 13.4. The van der Waals surface area contributed by atoms with E-state index in [9.17, 15) is 18.0 Å². The van der Waals surface area contributed by atoms with Crippen molar-refractivity contribution in [1.29, 1.82) is 0 Å². The van der Waals surface area contributed by atoms with Crippen molar-refractivity contribution in [3.05, 3.63) is 65.2 Å². The molecule has 1 saturated carbocycles. The molecule has 1 aliphatic carbocycles. The maximum absolute atomic E-state index is 13.0. The Labute approximate surface area is 162 Å². The Morgan fingerprint density at radius 3 is 2.29 bits per heavy atom. The highest BCUT2D eigenvalue weighted by molar-refractivity contribution is 5.83. The fourth-order valence-electron chi connectivity index (χ4n) is 4.17. The van der Waals surface area contributed by atoms with Crippen LogP contribution < -0.4 is 4.74 Å². The standard InChI is InChI=1S/C22H22F3NO2/c1-28-17-10-6-15(7-11-17)20-3-2-12-26(20)21(27)19-13-18(19)14-4-8-16(9-5-14)22(23,24)25/h4-11,18-20H,2-3,12-13H2,1H3. The Balaban J connectivity index is 1.44. The van der Waals surface area contributed by atoms with Crippen molar-refractivity contribution in [3.63, 3.8) is 0 Å². The zero-order chi connectivity index (χ0) is 19.9. The van der Waals surface area contributed by atoms with Gasteiger partial charge < -0.3 is 9.64 Å². The van der Waals surface area contributed by atoms with E-state index in [1.54, 1.807) is 7.11 Å². The molecular weight excluding hydrogens is 367 g/mol. The number of halogens is 3. The fourth-order valence-corrected chi connectivity index (χ4v) is 4.17. The topological polar surface area (TPSA) is 29.5 Å². The predicted molar refractivity (Wildman–Crippen MR) is 99.0 cm³/mol. The van der Waals surface area contributed by atoms with Crippen LogP contribution in [0.15, 0.2) is 48.5 Å². The molecule has 2 aromatic rings. The van der Waals surface area contributed by atoms with Crippen LogP contribution in [0.5, 0.6) is 5.75 Å². The van der Waals surface area contributed by atoms with Crippen LogP contribution in [0.4, 0.5) is 13.2 Å². The lowest BCUT2D eigenvalue weighted by atomic mass is 10.0. The molecule has 0 spiro atoms. The molecule has 1 aliphatic heterocycles. The van der Waals surface area contributed by atoms with Crippen molar-refractivity contribution >= 4 is 5.91 Å². The summed E-state index contributed by atoms with van der Waals surface area (Å²) in [6.07, 6.45) is -1.75. The minimum atomic E-state index is -4.33. The van der Waals surface area contributed by atoms with Crippen LogP contribution in [0.2, 0.25) is 0 Å². The molecule has 1 amide bonds.